The Morgan fingerprint density at radius 1 is 0.342 bits per heavy atom. The van der Waals surface area contributed by atoms with Gasteiger partial charge in [-0.05, 0) is 117 Å². The number of nitrogens with zero attached hydrogens (tertiary/aromatic N) is 4. The highest BCUT2D eigenvalue weighted by molar-refractivity contribution is 5.83. The van der Waals surface area contributed by atoms with Gasteiger partial charge >= 0.3 is 0 Å². The van der Waals surface area contributed by atoms with Crippen LogP contribution in [-0.4, -0.2) is 9.13 Å². The second-order valence-corrected chi connectivity index (χ2v) is 24.1. The summed E-state index contributed by atoms with van der Waals surface area (Å²) in [4.78, 5) is 0. The molecule has 0 amide bonds. The zero-order chi connectivity index (χ0) is 51.9. The van der Waals surface area contributed by atoms with E-state index in [9.17, 15) is 0 Å². The van der Waals surface area contributed by atoms with Crippen molar-refractivity contribution in [3.63, 3.8) is 0 Å². The minimum Gasteiger partial charge on any atom is -0.226 e. The lowest BCUT2D eigenvalue weighted by atomic mass is 9.70. The first-order valence-electron chi connectivity index (χ1n) is 31.0. The SMILES string of the molecule is CCCCCCCC1(CCCCCCC)c2cc3ccc2-c2ccc(cc21)Cn1c[n+](c2ccccc21)Cc1ccc2c(c1)C(CCCCCCC)(CCCCCCC)c1cc(ccc1-2)C[n+]1cn(c2ccccc21)C3. The van der Waals surface area contributed by atoms with Gasteiger partial charge in [-0.3, -0.25) is 0 Å². The number of para-hydroxylation sites is 4. The Labute approximate surface area is 457 Å². The molecule has 2 aromatic heterocycles. The van der Waals surface area contributed by atoms with Crippen LogP contribution >= 0.6 is 0 Å². The minimum atomic E-state index is 0.000451. The van der Waals surface area contributed by atoms with E-state index in [-0.39, 0.29) is 10.8 Å². The summed E-state index contributed by atoms with van der Waals surface area (Å²) in [5, 5.41) is 0. The molecule has 3 heterocycles. The zero-order valence-corrected chi connectivity index (χ0v) is 47.3. The molecule has 0 N–H and O–H groups in total. The van der Waals surface area contributed by atoms with Crippen LogP contribution in [0.3, 0.4) is 0 Å². The highest BCUT2D eigenvalue weighted by atomic mass is 15.1. The fourth-order valence-electron chi connectivity index (χ4n) is 14.8. The summed E-state index contributed by atoms with van der Waals surface area (Å²) in [5.41, 5.74) is 23.2. The van der Waals surface area contributed by atoms with Crippen molar-refractivity contribution in [1.29, 1.82) is 0 Å². The van der Waals surface area contributed by atoms with Gasteiger partial charge in [-0.25, -0.2) is 18.3 Å². The molecule has 8 aromatic rings. The summed E-state index contributed by atoms with van der Waals surface area (Å²) in [6.45, 7) is 12.8. The summed E-state index contributed by atoms with van der Waals surface area (Å²) in [6, 6.07) is 49.1. The van der Waals surface area contributed by atoms with Crippen molar-refractivity contribution in [3.8, 4) is 22.3 Å². The Morgan fingerprint density at radius 3 is 0.987 bits per heavy atom. The highest BCUT2D eigenvalue weighted by Gasteiger charge is 2.44. The number of benzene rings is 6. The molecule has 0 saturated heterocycles. The molecular formula is C72H90N4+2. The predicted molar refractivity (Wildman–Crippen MR) is 319 cm³/mol. The fourth-order valence-corrected chi connectivity index (χ4v) is 14.8. The van der Waals surface area contributed by atoms with Gasteiger partial charge in [-0.2, -0.15) is 0 Å². The lowest BCUT2D eigenvalue weighted by molar-refractivity contribution is -0.663. The molecule has 12 bridgehead atoms. The maximum atomic E-state index is 2.68. The van der Waals surface area contributed by atoms with E-state index in [0.29, 0.717) is 0 Å². The van der Waals surface area contributed by atoms with Crippen LogP contribution in [0.1, 0.15) is 226 Å². The van der Waals surface area contributed by atoms with Gasteiger partial charge < -0.3 is 0 Å². The molecule has 6 aromatic carbocycles. The summed E-state index contributed by atoms with van der Waals surface area (Å²) < 4.78 is 10.2. The number of unbranched alkanes of at least 4 members (excludes halogenated alkanes) is 16. The summed E-state index contributed by atoms with van der Waals surface area (Å²) in [7, 11) is 0. The lowest BCUT2D eigenvalue weighted by Crippen LogP contribution is -2.33. The van der Waals surface area contributed by atoms with Crippen LogP contribution in [0.2, 0.25) is 0 Å². The molecule has 0 spiro atoms. The van der Waals surface area contributed by atoms with Gasteiger partial charge in [-0.15, -0.1) is 0 Å². The molecule has 76 heavy (non-hydrogen) atoms. The van der Waals surface area contributed by atoms with E-state index >= 15 is 0 Å². The summed E-state index contributed by atoms with van der Waals surface area (Å²) in [5.74, 6) is 0. The number of aromatic nitrogens is 4. The third-order valence-corrected chi connectivity index (χ3v) is 18.8. The number of imidazole rings is 2. The van der Waals surface area contributed by atoms with Gasteiger partial charge in [0, 0.05) is 10.8 Å². The summed E-state index contributed by atoms with van der Waals surface area (Å²) >= 11 is 0. The molecule has 0 fully saturated rings. The molecule has 0 radical (unpaired) electrons. The van der Waals surface area contributed by atoms with E-state index in [4.69, 9.17) is 0 Å². The van der Waals surface area contributed by atoms with Crippen molar-refractivity contribution in [1.82, 2.24) is 9.13 Å². The molecule has 4 nitrogen and oxygen atoms in total. The van der Waals surface area contributed by atoms with E-state index in [1.54, 1.807) is 22.3 Å². The van der Waals surface area contributed by atoms with Gasteiger partial charge in [0.05, 0.1) is 0 Å². The van der Waals surface area contributed by atoms with E-state index < -0.39 is 0 Å². The van der Waals surface area contributed by atoms with E-state index in [0.717, 1.165) is 26.2 Å². The first kappa shape index (κ1) is 52.3. The van der Waals surface area contributed by atoms with Crippen molar-refractivity contribution < 1.29 is 9.13 Å². The molecular weight excluding hydrogens is 921 g/mol. The molecule has 0 atom stereocenters. The van der Waals surface area contributed by atoms with Crippen molar-refractivity contribution in [2.45, 2.75) is 219 Å². The molecule has 0 saturated carbocycles. The van der Waals surface area contributed by atoms with Crippen molar-refractivity contribution in [3.05, 3.63) is 178 Å². The Balaban J connectivity index is 1.07. The zero-order valence-electron chi connectivity index (χ0n) is 47.3. The topological polar surface area (TPSA) is 17.6 Å². The molecule has 11 rings (SSSR count). The average Bonchev–Trinajstić information content (AvgIpc) is 4.23. The third kappa shape index (κ3) is 10.4. The minimum absolute atomic E-state index is 0.000451. The largest absolute Gasteiger partial charge is 0.245 e. The standard InChI is InChI=1S/C72H90N4/c1-5-9-13-17-25-41-71(42-26-18-14-10-6-2)63-45-55-33-37-59(63)60-38-34-56(46-64(60)71)50-74-54-76(70-32-24-22-30-68(70)74)52-58-36-40-62-61-39-35-57(51-75-53-73(49-55)67-29-21-23-31-69(67)75)47-65(61)72(66(62)48-58,43-27-19-15-11-7-3)44-28-20-16-12-8-4/h21-24,29-40,45-48,53-54H,5-20,25-28,41-44,49-52H2,1-4H3/q+2. The van der Waals surface area contributed by atoms with Gasteiger partial charge in [0.25, 0.3) is 0 Å². The Hall–Kier alpha value is -5.74. The maximum absolute atomic E-state index is 2.68. The molecule has 1 aliphatic heterocycles. The lowest BCUT2D eigenvalue weighted by Gasteiger charge is -2.33. The van der Waals surface area contributed by atoms with Crippen LogP contribution in [0.25, 0.3) is 44.3 Å². The Morgan fingerprint density at radius 2 is 0.645 bits per heavy atom. The van der Waals surface area contributed by atoms with Crippen LogP contribution in [0, 0.1) is 0 Å². The maximum Gasteiger partial charge on any atom is 0.245 e. The summed E-state index contributed by atoms with van der Waals surface area (Å²) in [6.07, 6.45) is 35.9. The van der Waals surface area contributed by atoms with Gasteiger partial charge in [-0.1, -0.05) is 253 Å². The second-order valence-electron chi connectivity index (χ2n) is 24.1. The van der Waals surface area contributed by atoms with Crippen molar-refractivity contribution >= 4 is 22.1 Å². The first-order chi connectivity index (χ1) is 37.5. The molecule has 2 aliphatic carbocycles. The average molecular weight is 1010 g/mol. The van der Waals surface area contributed by atoms with E-state index in [1.807, 2.05) is 0 Å². The molecule has 3 aliphatic rings. The predicted octanol–water partition coefficient (Wildman–Crippen LogP) is 18.7. The van der Waals surface area contributed by atoms with Gasteiger partial charge in [0.2, 0.25) is 12.7 Å². The number of hydrogen-bond acceptors (Lipinski definition) is 0. The number of hydrogen-bond donors (Lipinski definition) is 0. The van der Waals surface area contributed by atoms with Gasteiger partial charge in [0.1, 0.15) is 26.2 Å². The quantitative estimate of drug-likeness (QED) is 0.0424. The highest BCUT2D eigenvalue weighted by Crippen LogP contribution is 2.56. The van der Waals surface area contributed by atoms with E-state index in [1.165, 1.54) is 221 Å². The number of fused-ring (bicyclic) bond motifs is 16. The van der Waals surface area contributed by atoms with Gasteiger partial charge in [0.15, 0.2) is 22.1 Å². The van der Waals surface area contributed by atoms with Crippen LogP contribution in [-0.2, 0) is 37.0 Å². The van der Waals surface area contributed by atoms with Crippen molar-refractivity contribution in [2.24, 2.45) is 0 Å². The van der Waals surface area contributed by atoms with Crippen LogP contribution in [0.5, 0.6) is 0 Å². The number of rotatable bonds is 24. The van der Waals surface area contributed by atoms with Crippen LogP contribution < -0.4 is 9.13 Å². The Bertz CT molecular complexity index is 2820. The smallest absolute Gasteiger partial charge is 0.226 e. The van der Waals surface area contributed by atoms with Crippen LogP contribution in [0.4, 0.5) is 0 Å². The molecule has 0 unspecified atom stereocenters. The monoisotopic (exact) mass is 1010 g/mol. The van der Waals surface area contributed by atoms with Crippen LogP contribution in [0.15, 0.2) is 134 Å². The van der Waals surface area contributed by atoms with Crippen molar-refractivity contribution in [2.75, 3.05) is 0 Å². The third-order valence-electron chi connectivity index (χ3n) is 18.8. The van der Waals surface area contributed by atoms with E-state index in [2.05, 4.69) is 180 Å². The molecule has 396 valence electrons. The fraction of sp³-hybridized carbons (Fsp3) is 0.472. The Kier molecular flexibility index (Phi) is 16.4. The molecule has 4 heteroatoms. The second kappa shape index (κ2) is 23.9. The normalized spacial score (nSPS) is 14.8. The first-order valence-corrected chi connectivity index (χ1v) is 31.0.